The molecular formula is C19H20ClF3N2. The Kier molecular flexibility index (Phi) is 6.62. The SMILES string of the molecule is Cl.FC(F)(F)c1cccc(C2=CCN(CCc3ccccn3)CC2)c1. The Labute approximate surface area is 151 Å². The zero-order valence-electron chi connectivity index (χ0n) is 13.7. The van der Waals surface area contributed by atoms with Gasteiger partial charge in [-0.05, 0) is 41.8 Å². The lowest BCUT2D eigenvalue weighted by atomic mass is 9.97. The van der Waals surface area contributed by atoms with Crippen LogP contribution in [0.3, 0.4) is 0 Å². The fourth-order valence-electron chi connectivity index (χ4n) is 2.89. The molecule has 0 aliphatic carbocycles. The third-order valence-corrected chi connectivity index (χ3v) is 4.26. The van der Waals surface area contributed by atoms with Gasteiger partial charge in [0.05, 0.1) is 5.56 Å². The smallest absolute Gasteiger partial charge is 0.299 e. The molecule has 0 spiro atoms. The molecule has 0 atom stereocenters. The molecule has 2 heterocycles. The largest absolute Gasteiger partial charge is 0.416 e. The average Bonchev–Trinajstić information content (AvgIpc) is 2.61. The third kappa shape index (κ3) is 5.31. The molecule has 2 nitrogen and oxygen atoms in total. The quantitative estimate of drug-likeness (QED) is 0.766. The third-order valence-electron chi connectivity index (χ3n) is 4.26. The summed E-state index contributed by atoms with van der Waals surface area (Å²) in [7, 11) is 0. The molecule has 1 aromatic carbocycles. The summed E-state index contributed by atoms with van der Waals surface area (Å²) >= 11 is 0. The van der Waals surface area contributed by atoms with Crippen LogP contribution in [-0.4, -0.2) is 29.5 Å². The molecule has 6 heteroatoms. The Morgan fingerprint density at radius 2 is 1.92 bits per heavy atom. The minimum absolute atomic E-state index is 0. The molecule has 2 aromatic rings. The van der Waals surface area contributed by atoms with Gasteiger partial charge >= 0.3 is 6.18 Å². The van der Waals surface area contributed by atoms with Crippen LogP contribution in [0.1, 0.15) is 23.2 Å². The number of hydrogen-bond acceptors (Lipinski definition) is 2. The molecule has 0 radical (unpaired) electrons. The number of halogens is 4. The molecule has 1 aliphatic heterocycles. The highest BCUT2D eigenvalue weighted by molar-refractivity contribution is 5.85. The molecule has 1 aliphatic rings. The number of nitrogens with zero attached hydrogens (tertiary/aromatic N) is 2. The predicted molar refractivity (Wildman–Crippen MR) is 95.7 cm³/mol. The van der Waals surface area contributed by atoms with Crippen LogP contribution in [-0.2, 0) is 12.6 Å². The van der Waals surface area contributed by atoms with E-state index in [1.807, 2.05) is 24.3 Å². The van der Waals surface area contributed by atoms with Crippen LogP contribution in [0, 0.1) is 0 Å². The van der Waals surface area contributed by atoms with Gasteiger partial charge < -0.3 is 0 Å². The van der Waals surface area contributed by atoms with Gasteiger partial charge in [0, 0.05) is 37.9 Å². The normalized spacial score (nSPS) is 15.4. The Bertz CT molecular complexity index is 714. The van der Waals surface area contributed by atoms with Crippen LogP contribution in [0.2, 0.25) is 0 Å². The minimum atomic E-state index is -4.29. The molecule has 25 heavy (non-hydrogen) atoms. The number of alkyl halides is 3. The van der Waals surface area contributed by atoms with E-state index in [9.17, 15) is 13.2 Å². The van der Waals surface area contributed by atoms with Gasteiger partial charge in [-0.3, -0.25) is 9.88 Å². The lowest BCUT2D eigenvalue weighted by molar-refractivity contribution is -0.137. The van der Waals surface area contributed by atoms with Gasteiger partial charge in [-0.1, -0.05) is 24.3 Å². The topological polar surface area (TPSA) is 16.1 Å². The second-order valence-corrected chi connectivity index (χ2v) is 5.93. The maximum absolute atomic E-state index is 12.8. The van der Waals surface area contributed by atoms with Gasteiger partial charge in [-0.15, -0.1) is 12.4 Å². The van der Waals surface area contributed by atoms with E-state index in [4.69, 9.17) is 0 Å². The summed E-state index contributed by atoms with van der Waals surface area (Å²) in [5, 5.41) is 0. The van der Waals surface area contributed by atoms with Crippen molar-refractivity contribution < 1.29 is 13.2 Å². The summed E-state index contributed by atoms with van der Waals surface area (Å²) in [4.78, 5) is 6.61. The molecule has 0 amide bonds. The molecule has 0 N–H and O–H groups in total. The monoisotopic (exact) mass is 368 g/mol. The van der Waals surface area contributed by atoms with Gasteiger partial charge in [0.2, 0.25) is 0 Å². The lowest BCUT2D eigenvalue weighted by Gasteiger charge is -2.26. The first kappa shape index (κ1) is 19.5. The van der Waals surface area contributed by atoms with Crippen molar-refractivity contribution in [3.8, 4) is 0 Å². The maximum atomic E-state index is 12.8. The Morgan fingerprint density at radius 3 is 2.56 bits per heavy atom. The Morgan fingerprint density at radius 1 is 1.08 bits per heavy atom. The van der Waals surface area contributed by atoms with Crippen molar-refractivity contribution in [2.75, 3.05) is 19.6 Å². The van der Waals surface area contributed by atoms with E-state index in [0.29, 0.717) is 5.56 Å². The van der Waals surface area contributed by atoms with E-state index in [1.54, 1.807) is 12.3 Å². The van der Waals surface area contributed by atoms with Crippen LogP contribution in [0.4, 0.5) is 13.2 Å². The molecule has 0 unspecified atom stereocenters. The van der Waals surface area contributed by atoms with Crippen molar-refractivity contribution in [2.24, 2.45) is 0 Å². The average molecular weight is 369 g/mol. The first-order valence-electron chi connectivity index (χ1n) is 8.01. The van der Waals surface area contributed by atoms with Crippen LogP contribution in [0.5, 0.6) is 0 Å². The summed E-state index contributed by atoms with van der Waals surface area (Å²) in [5.74, 6) is 0. The van der Waals surface area contributed by atoms with Crippen molar-refractivity contribution >= 4 is 18.0 Å². The molecule has 0 saturated heterocycles. The highest BCUT2D eigenvalue weighted by Gasteiger charge is 2.30. The van der Waals surface area contributed by atoms with Gasteiger partial charge in [-0.25, -0.2) is 0 Å². The first-order chi connectivity index (χ1) is 11.5. The predicted octanol–water partition coefficient (Wildman–Crippen LogP) is 4.85. The van der Waals surface area contributed by atoms with E-state index in [1.165, 1.54) is 12.1 Å². The Hall–Kier alpha value is -1.85. The van der Waals surface area contributed by atoms with E-state index in [2.05, 4.69) is 9.88 Å². The molecule has 1 aromatic heterocycles. The first-order valence-corrected chi connectivity index (χ1v) is 8.01. The zero-order valence-corrected chi connectivity index (χ0v) is 14.5. The Balaban J connectivity index is 0.00000225. The van der Waals surface area contributed by atoms with Crippen molar-refractivity contribution in [3.63, 3.8) is 0 Å². The fraction of sp³-hybridized carbons (Fsp3) is 0.316. The second-order valence-electron chi connectivity index (χ2n) is 5.93. The summed E-state index contributed by atoms with van der Waals surface area (Å²) < 4.78 is 38.5. The molecular weight excluding hydrogens is 349 g/mol. The van der Waals surface area contributed by atoms with E-state index < -0.39 is 11.7 Å². The molecule has 3 rings (SSSR count). The summed E-state index contributed by atoms with van der Waals surface area (Å²) in [6, 6.07) is 11.5. The van der Waals surface area contributed by atoms with Crippen LogP contribution in [0.15, 0.2) is 54.7 Å². The summed E-state index contributed by atoms with van der Waals surface area (Å²) in [6.07, 6.45) is 1.19. The number of pyridine rings is 1. The number of benzene rings is 1. The minimum Gasteiger partial charge on any atom is -0.299 e. The van der Waals surface area contributed by atoms with Crippen molar-refractivity contribution in [2.45, 2.75) is 19.0 Å². The van der Waals surface area contributed by atoms with Crippen LogP contribution >= 0.6 is 12.4 Å². The van der Waals surface area contributed by atoms with Gasteiger partial charge in [-0.2, -0.15) is 13.2 Å². The van der Waals surface area contributed by atoms with Crippen molar-refractivity contribution in [3.05, 3.63) is 71.6 Å². The second kappa shape index (κ2) is 8.50. The van der Waals surface area contributed by atoms with Crippen LogP contribution in [0.25, 0.3) is 5.57 Å². The zero-order chi connectivity index (χ0) is 17.0. The summed E-state index contributed by atoms with van der Waals surface area (Å²) in [6.45, 7) is 2.52. The van der Waals surface area contributed by atoms with Gasteiger partial charge in [0.25, 0.3) is 0 Å². The lowest BCUT2D eigenvalue weighted by Crippen LogP contribution is -2.30. The number of aromatic nitrogens is 1. The number of hydrogen-bond donors (Lipinski definition) is 0. The van der Waals surface area contributed by atoms with Crippen LogP contribution < -0.4 is 0 Å². The summed E-state index contributed by atoms with van der Waals surface area (Å²) in [5.41, 5.74) is 2.15. The molecule has 0 bridgehead atoms. The van der Waals surface area contributed by atoms with E-state index in [0.717, 1.165) is 49.8 Å². The fourth-order valence-corrected chi connectivity index (χ4v) is 2.89. The maximum Gasteiger partial charge on any atom is 0.416 e. The standard InChI is InChI=1S/C19H19F3N2.ClH/c20-19(21,22)17-5-3-4-16(14-17)15-7-11-24(12-8-15)13-9-18-6-1-2-10-23-18;/h1-7,10,14H,8-9,11-13H2;1H. The van der Waals surface area contributed by atoms with Gasteiger partial charge in [0.1, 0.15) is 0 Å². The molecule has 0 fully saturated rings. The highest BCUT2D eigenvalue weighted by Crippen LogP contribution is 2.32. The molecule has 0 saturated carbocycles. The molecule has 134 valence electrons. The van der Waals surface area contributed by atoms with Crippen molar-refractivity contribution in [1.82, 2.24) is 9.88 Å². The van der Waals surface area contributed by atoms with Crippen molar-refractivity contribution in [1.29, 1.82) is 0 Å². The van der Waals surface area contributed by atoms with E-state index in [-0.39, 0.29) is 12.4 Å². The van der Waals surface area contributed by atoms with Gasteiger partial charge in [0.15, 0.2) is 0 Å². The highest BCUT2D eigenvalue weighted by atomic mass is 35.5. The van der Waals surface area contributed by atoms with E-state index >= 15 is 0 Å². The number of rotatable bonds is 4.